The second kappa shape index (κ2) is 4.96. The fourth-order valence-corrected chi connectivity index (χ4v) is 1.35. The zero-order valence-corrected chi connectivity index (χ0v) is 8.76. The van der Waals surface area contributed by atoms with Crippen molar-refractivity contribution in [2.24, 2.45) is 0 Å². The Morgan fingerprint density at radius 2 is 2.19 bits per heavy atom. The molecule has 0 aliphatic heterocycles. The minimum absolute atomic E-state index is 0.0707. The highest BCUT2D eigenvalue weighted by molar-refractivity contribution is 5.72. The molecule has 88 valence electrons. The Bertz CT molecular complexity index is 407. The van der Waals surface area contributed by atoms with Crippen LogP contribution >= 0.6 is 0 Å². The number of halogens is 3. The van der Waals surface area contributed by atoms with Gasteiger partial charge in [0.05, 0.1) is 19.2 Å². The van der Waals surface area contributed by atoms with Crippen LogP contribution in [0.15, 0.2) is 6.07 Å². The Morgan fingerprint density at radius 1 is 1.56 bits per heavy atom. The predicted molar refractivity (Wildman–Crippen MR) is 49.6 cm³/mol. The van der Waals surface area contributed by atoms with Crippen LogP contribution in [0, 0.1) is 12.9 Å². The van der Waals surface area contributed by atoms with Gasteiger partial charge in [-0.3, -0.25) is 4.79 Å². The van der Waals surface area contributed by atoms with Gasteiger partial charge >= 0.3 is 5.97 Å². The van der Waals surface area contributed by atoms with Crippen molar-refractivity contribution in [2.75, 3.05) is 7.11 Å². The quantitative estimate of drug-likeness (QED) is 0.593. The first kappa shape index (κ1) is 12.5. The number of rotatable bonds is 3. The first-order valence-electron chi connectivity index (χ1n) is 4.46. The number of nitrogens with zero attached hydrogens (tertiary/aromatic N) is 1. The first-order chi connectivity index (χ1) is 7.45. The monoisotopic (exact) mass is 233 g/mol. The van der Waals surface area contributed by atoms with Gasteiger partial charge in [-0.25, -0.2) is 13.8 Å². The highest BCUT2D eigenvalue weighted by Crippen LogP contribution is 2.26. The van der Waals surface area contributed by atoms with Gasteiger partial charge in [0.2, 0.25) is 5.95 Å². The van der Waals surface area contributed by atoms with E-state index >= 15 is 0 Å². The van der Waals surface area contributed by atoms with Crippen molar-refractivity contribution in [1.29, 1.82) is 0 Å². The van der Waals surface area contributed by atoms with E-state index in [4.69, 9.17) is 0 Å². The van der Waals surface area contributed by atoms with Gasteiger partial charge in [0.25, 0.3) is 6.43 Å². The van der Waals surface area contributed by atoms with E-state index in [-0.39, 0.29) is 11.3 Å². The van der Waals surface area contributed by atoms with Gasteiger partial charge < -0.3 is 4.74 Å². The molecule has 0 aliphatic carbocycles. The summed E-state index contributed by atoms with van der Waals surface area (Å²) in [6.07, 6.45) is -3.26. The third-order valence-electron chi connectivity index (χ3n) is 2.07. The number of aromatic nitrogens is 1. The SMILES string of the molecule is COC(=O)Cc1nc(F)cc(C)c1C(F)F. The summed E-state index contributed by atoms with van der Waals surface area (Å²) < 4.78 is 42.6. The van der Waals surface area contributed by atoms with Crippen molar-refractivity contribution in [3.63, 3.8) is 0 Å². The maximum absolute atomic E-state index is 12.9. The molecular weight excluding hydrogens is 223 g/mol. The number of pyridine rings is 1. The molecule has 0 unspecified atom stereocenters. The molecule has 0 spiro atoms. The molecule has 1 aromatic rings. The molecule has 1 rings (SSSR count). The molecular formula is C10H10F3NO2. The van der Waals surface area contributed by atoms with Crippen molar-refractivity contribution in [1.82, 2.24) is 4.98 Å². The maximum Gasteiger partial charge on any atom is 0.311 e. The summed E-state index contributed by atoms with van der Waals surface area (Å²) in [4.78, 5) is 14.2. The van der Waals surface area contributed by atoms with Gasteiger partial charge in [0.15, 0.2) is 0 Å². The first-order valence-corrected chi connectivity index (χ1v) is 4.46. The lowest BCUT2D eigenvalue weighted by Gasteiger charge is -2.10. The lowest BCUT2D eigenvalue weighted by Crippen LogP contribution is -2.11. The Labute approximate surface area is 90.2 Å². The van der Waals surface area contributed by atoms with Crippen molar-refractivity contribution < 1.29 is 22.7 Å². The fraction of sp³-hybridized carbons (Fsp3) is 0.400. The second-order valence-electron chi connectivity index (χ2n) is 3.18. The van der Waals surface area contributed by atoms with E-state index in [2.05, 4.69) is 9.72 Å². The van der Waals surface area contributed by atoms with E-state index in [0.717, 1.165) is 13.2 Å². The Morgan fingerprint density at radius 3 is 2.69 bits per heavy atom. The van der Waals surface area contributed by atoms with Crippen LogP contribution in [-0.2, 0) is 16.0 Å². The Balaban J connectivity index is 3.18. The van der Waals surface area contributed by atoms with Crippen LogP contribution in [0.3, 0.4) is 0 Å². The summed E-state index contributed by atoms with van der Waals surface area (Å²) in [5.41, 5.74) is -0.618. The van der Waals surface area contributed by atoms with E-state index < -0.39 is 30.3 Å². The summed E-state index contributed by atoms with van der Waals surface area (Å²) >= 11 is 0. The van der Waals surface area contributed by atoms with Crippen LogP contribution in [0.25, 0.3) is 0 Å². The molecule has 0 aliphatic rings. The largest absolute Gasteiger partial charge is 0.469 e. The molecule has 1 heterocycles. The minimum Gasteiger partial charge on any atom is -0.469 e. The number of aryl methyl sites for hydroxylation is 1. The van der Waals surface area contributed by atoms with Gasteiger partial charge in [-0.2, -0.15) is 4.39 Å². The third-order valence-corrected chi connectivity index (χ3v) is 2.07. The highest BCUT2D eigenvalue weighted by Gasteiger charge is 2.20. The average molecular weight is 233 g/mol. The highest BCUT2D eigenvalue weighted by atomic mass is 19.3. The van der Waals surface area contributed by atoms with E-state index in [1.165, 1.54) is 6.92 Å². The fourth-order valence-electron chi connectivity index (χ4n) is 1.35. The summed E-state index contributed by atoms with van der Waals surface area (Å²) in [5.74, 6) is -1.62. The van der Waals surface area contributed by atoms with Gasteiger partial charge in [0.1, 0.15) is 0 Å². The van der Waals surface area contributed by atoms with Gasteiger partial charge in [0, 0.05) is 5.56 Å². The number of hydrogen-bond donors (Lipinski definition) is 0. The maximum atomic E-state index is 12.9. The van der Waals surface area contributed by atoms with E-state index in [1.807, 2.05) is 0 Å². The smallest absolute Gasteiger partial charge is 0.311 e. The standard InChI is InChI=1S/C10H10F3NO2/c1-5-3-7(11)14-6(4-8(15)16-2)9(5)10(12)13/h3,10H,4H2,1-2H3. The van der Waals surface area contributed by atoms with Crippen LogP contribution in [0.5, 0.6) is 0 Å². The van der Waals surface area contributed by atoms with E-state index in [0.29, 0.717) is 0 Å². The average Bonchev–Trinajstić information content (AvgIpc) is 2.15. The van der Waals surface area contributed by atoms with E-state index in [9.17, 15) is 18.0 Å². The summed E-state index contributed by atoms with van der Waals surface area (Å²) in [5, 5.41) is 0. The summed E-state index contributed by atoms with van der Waals surface area (Å²) in [6.45, 7) is 1.34. The number of alkyl halides is 2. The molecule has 0 bridgehead atoms. The number of carbonyl (C=O) groups is 1. The van der Waals surface area contributed by atoms with Crippen LogP contribution in [-0.4, -0.2) is 18.1 Å². The lowest BCUT2D eigenvalue weighted by atomic mass is 10.1. The van der Waals surface area contributed by atoms with Crippen molar-refractivity contribution in [3.05, 3.63) is 28.8 Å². The van der Waals surface area contributed by atoms with Crippen molar-refractivity contribution in [3.8, 4) is 0 Å². The molecule has 0 amide bonds. The predicted octanol–water partition coefficient (Wildman–Crippen LogP) is 2.18. The number of methoxy groups -OCH3 is 1. The zero-order chi connectivity index (χ0) is 12.3. The summed E-state index contributed by atoms with van der Waals surface area (Å²) in [7, 11) is 1.12. The third kappa shape index (κ3) is 2.71. The lowest BCUT2D eigenvalue weighted by molar-refractivity contribution is -0.139. The number of esters is 1. The van der Waals surface area contributed by atoms with Crippen LogP contribution in [0.4, 0.5) is 13.2 Å². The number of carbonyl (C=O) groups excluding carboxylic acids is 1. The molecule has 0 aromatic carbocycles. The van der Waals surface area contributed by atoms with Gasteiger partial charge in [-0.1, -0.05) is 0 Å². The molecule has 0 N–H and O–H groups in total. The molecule has 16 heavy (non-hydrogen) atoms. The molecule has 0 saturated carbocycles. The molecule has 0 atom stereocenters. The van der Waals surface area contributed by atoms with Crippen LogP contribution in [0.1, 0.15) is 23.2 Å². The number of ether oxygens (including phenoxy) is 1. The minimum atomic E-state index is -2.80. The van der Waals surface area contributed by atoms with Crippen molar-refractivity contribution in [2.45, 2.75) is 19.8 Å². The van der Waals surface area contributed by atoms with Crippen molar-refractivity contribution >= 4 is 5.97 Å². The van der Waals surface area contributed by atoms with Gasteiger partial charge in [-0.15, -0.1) is 0 Å². The van der Waals surface area contributed by atoms with E-state index in [1.54, 1.807) is 0 Å². The van der Waals surface area contributed by atoms with Crippen LogP contribution < -0.4 is 0 Å². The Kier molecular flexibility index (Phi) is 3.87. The molecule has 6 heteroatoms. The normalized spacial score (nSPS) is 10.6. The second-order valence-corrected chi connectivity index (χ2v) is 3.18. The topological polar surface area (TPSA) is 39.2 Å². The molecule has 1 aromatic heterocycles. The molecule has 0 radical (unpaired) electrons. The molecule has 0 saturated heterocycles. The molecule has 3 nitrogen and oxygen atoms in total. The number of hydrogen-bond acceptors (Lipinski definition) is 3. The Hall–Kier alpha value is -1.59. The molecule has 0 fully saturated rings. The van der Waals surface area contributed by atoms with Gasteiger partial charge in [-0.05, 0) is 18.6 Å². The summed E-state index contributed by atoms with van der Waals surface area (Å²) in [6, 6.07) is 0.905. The zero-order valence-electron chi connectivity index (χ0n) is 8.76. The van der Waals surface area contributed by atoms with Crippen LogP contribution in [0.2, 0.25) is 0 Å².